The predicted octanol–water partition coefficient (Wildman–Crippen LogP) is 1.66. The fourth-order valence-corrected chi connectivity index (χ4v) is 1.70. The van der Waals surface area contributed by atoms with E-state index in [9.17, 15) is 0 Å². The molecule has 54 valence electrons. The molecule has 9 heavy (non-hydrogen) atoms. The van der Waals surface area contributed by atoms with Gasteiger partial charge in [-0.1, -0.05) is 13.8 Å². The van der Waals surface area contributed by atoms with Crippen molar-refractivity contribution in [3.8, 4) is 0 Å². The molecule has 0 radical (unpaired) electrons. The van der Waals surface area contributed by atoms with Gasteiger partial charge in [-0.25, -0.2) is 0 Å². The molecule has 1 heteroatoms. The summed E-state index contributed by atoms with van der Waals surface area (Å²) in [4.78, 5) is 0. The van der Waals surface area contributed by atoms with E-state index in [-0.39, 0.29) is 0 Å². The summed E-state index contributed by atoms with van der Waals surface area (Å²) >= 11 is 0. The molecule has 0 spiro atoms. The highest BCUT2D eigenvalue weighted by molar-refractivity contribution is 4.81. The molecule has 0 heterocycles. The second kappa shape index (κ2) is 2.70. The lowest BCUT2D eigenvalue weighted by Crippen LogP contribution is -2.32. The molecule has 1 fully saturated rings. The van der Waals surface area contributed by atoms with Crippen LogP contribution < -0.4 is 0 Å². The first-order valence-electron chi connectivity index (χ1n) is 3.86. The Kier molecular flexibility index (Phi) is 2.12. The van der Waals surface area contributed by atoms with Crippen molar-refractivity contribution in [1.29, 1.82) is 0 Å². The Hall–Kier alpha value is -0.0400. The van der Waals surface area contributed by atoms with Crippen LogP contribution in [0.4, 0.5) is 0 Å². The summed E-state index contributed by atoms with van der Waals surface area (Å²) in [5.41, 5.74) is 0. The van der Waals surface area contributed by atoms with Crippen molar-refractivity contribution >= 4 is 0 Å². The van der Waals surface area contributed by atoms with Crippen molar-refractivity contribution in [2.24, 2.45) is 17.8 Å². The van der Waals surface area contributed by atoms with Crippen molar-refractivity contribution < 1.29 is 5.11 Å². The van der Waals surface area contributed by atoms with E-state index in [0.717, 1.165) is 11.8 Å². The molecule has 1 rings (SSSR count). The van der Waals surface area contributed by atoms with Crippen LogP contribution >= 0.6 is 0 Å². The van der Waals surface area contributed by atoms with Gasteiger partial charge in [0.25, 0.3) is 0 Å². The minimum Gasteiger partial charge on any atom is -0.396 e. The monoisotopic (exact) mass is 128 g/mol. The summed E-state index contributed by atoms with van der Waals surface area (Å²) in [5, 5.41) is 8.81. The number of aliphatic hydroxyl groups is 1. The highest BCUT2D eigenvalue weighted by Gasteiger charge is 2.31. The molecule has 1 nitrogen and oxygen atoms in total. The largest absolute Gasteiger partial charge is 0.396 e. The second-order valence-electron chi connectivity index (χ2n) is 3.43. The molecule has 1 N–H and O–H groups in total. The van der Waals surface area contributed by atoms with Crippen molar-refractivity contribution in [2.75, 3.05) is 6.61 Å². The van der Waals surface area contributed by atoms with E-state index in [1.54, 1.807) is 0 Å². The maximum absolute atomic E-state index is 8.81. The maximum atomic E-state index is 8.81. The van der Waals surface area contributed by atoms with Gasteiger partial charge in [-0.05, 0) is 30.6 Å². The quantitative estimate of drug-likeness (QED) is 0.599. The molecule has 0 unspecified atom stereocenters. The Bertz CT molecular complexity index is 86.6. The van der Waals surface area contributed by atoms with Gasteiger partial charge in [-0.3, -0.25) is 0 Å². The fraction of sp³-hybridized carbons (Fsp3) is 1.00. The molecule has 0 aliphatic heterocycles. The second-order valence-corrected chi connectivity index (χ2v) is 3.43. The first kappa shape index (κ1) is 7.07. The molecule has 1 saturated carbocycles. The zero-order chi connectivity index (χ0) is 6.85. The molecule has 0 aromatic carbocycles. The van der Waals surface area contributed by atoms with Crippen molar-refractivity contribution in [2.45, 2.75) is 26.7 Å². The Morgan fingerprint density at radius 3 is 2.22 bits per heavy atom. The lowest BCUT2D eigenvalue weighted by Gasteiger charge is -2.38. The number of aliphatic hydroxyl groups excluding tert-OH is 1. The van der Waals surface area contributed by atoms with Crippen LogP contribution in [-0.4, -0.2) is 11.7 Å². The fourth-order valence-electron chi connectivity index (χ4n) is 1.70. The summed E-state index contributed by atoms with van der Waals surface area (Å²) in [5.74, 6) is 2.22. The third kappa shape index (κ3) is 1.26. The molecule has 0 bridgehead atoms. The summed E-state index contributed by atoms with van der Waals surface area (Å²) in [6.45, 7) is 4.89. The maximum Gasteiger partial charge on any atom is 0.0462 e. The van der Waals surface area contributed by atoms with Gasteiger partial charge in [0.15, 0.2) is 0 Å². The lowest BCUT2D eigenvalue weighted by molar-refractivity contribution is 0.0597. The van der Waals surface area contributed by atoms with E-state index in [1.165, 1.54) is 12.8 Å². The minimum atomic E-state index is 0.406. The van der Waals surface area contributed by atoms with E-state index in [2.05, 4.69) is 13.8 Å². The third-order valence-electron chi connectivity index (χ3n) is 2.57. The number of rotatable bonds is 2. The smallest absolute Gasteiger partial charge is 0.0462 e. The van der Waals surface area contributed by atoms with Gasteiger partial charge >= 0.3 is 0 Å². The van der Waals surface area contributed by atoms with Crippen LogP contribution in [0.5, 0.6) is 0 Å². The van der Waals surface area contributed by atoms with Gasteiger partial charge in [0.05, 0.1) is 0 Å². The van der Waals surface area contributed by atoms with Gasteiger partial charge < -0.3 is 5.11 Å². The van der Waals surface area contributed by atoms with Crippen LogP contribution in [0.15, 0.2) is 0 Å². The summed E-state index contributed by atoms with van der Waals surface area (Å²) in [7, 11) is 0. The Balaban J connectivity index is 2.27. The Morgan fingerprint density at radius 2 is 2.11 bits per heavy atom. The van der Waals surface area contributed by atoms with Crippen LogP contribution in [0.1, 0.15) is 26.7 Å². The molecule has 0 saturated heterocycles. The Labute approximate surface area is 57.1 Å². The summed E-state index contributed by atoms with van der Waals surface area (Å²) in [6.07, 6.45) is 2.59. The van der Waals surface area contributed by atoms with Gasteiger partial charge in [-0.2, -0.15) is 0 Å². The molecule has 1 aliphatic rings. The van der Waals surface area contributed by atoms with Crippen molar-refractivity contribution in [3.05, 3.63) is 0 Å². The molecular weight excluding hydrogens is 112 g/mol. The molecular formula is C8H16O. The van der Waals surface area contributed by atoms with Crippen LogP contribution in [-0.2, 0) is 0 Å². The molecule has 1 aliphatic carbocycles. The predicted molar refractivity (Wildman–Crippen MR) is 38.1 cm³/mol. The average Bonchev–Trinajstić information content (AvgIpc) is 1.61. The van der Waals surface area contributed by atoms with Crippen LogP contribution in [0.2, 0.25) is 0 Å². The molecule has 2 atom stereocenters. The zero-order valence-corrected chi connectivity index (χ0v) is 6.30. The minimum absolute atomic E-state index is 0.406. The van der Waals surface area contributed by atoms with Crippen molar-refractivity contribution in [3.63, 3.8) is 0 Å². The van der Waals surface area contributed by atoms with Gasteiger partial charge in [0.1, 0.15) is 0 Å². The SMILES string of the molecule is CC(C)[C@H]1CC[C@H]1CO. The standard InChI is InChI=1S/C8H16O/c1-6(2)8-4-3-7(8)5-9/h6-9H,3-5H2,1-2H3/t7-,8+/m0/s1. The first-order chi connectivity index (χ1) is 4.25. The number of hydrogen-bond acceptors (Lipinski definition) is 1. The van der Waals surface area contributed by atoms with Gasteiger partial charge in [0.2, 0.25) is 0 Å². The van der Waals surface area contributed by atoms with E-state index >= 15 is 0 Å². The zero-order valence-electron chi connectivity index (χ0n) is 6.30. The Morgan fingerprint density at radius 1 is 1.44 bits per heavy atom. The normalized spacial score (nSPS) is 34.7. The first-order valence-corrected chi connectivity index (χ1v) is 3.86. The van der Waals surface area contributed by atoms with Crippen molar-refractivity contribution in [1.82, 2.24) is 0 Å². The number of hydrogen-bond donors (Lipinski definition) is 1. The average molecular weight is 128 g/mol. The molecule has 0 aromatic rings. The van der Waals surface area contributed by atoms with E-state index in [4.69, 9.17) is 5.11 Å². The third-order valence-corrected chi connectivity index (χ3v) is 2.57. The summed E-state index contributed by atoms with van der Waals surface area (Å²) in [6, 6.07) is 0. The van der Waals surface area contributed by atoms with Crippen LogP contribution in [0, 0.1) is 17.8 Å². The van der Waals surface area contributed by atoms with Crippen LogP contribution in [0.3, 0.4) is 0 Å². The highest BCUT2D eigenvalue weighted by Crippen LogP contribution is 2.38. The van der Waals surface area contributed by atoms with Gasteiger partial charge in [0, 0.05) is 6.61 Å². The summed E-state index contributed by atoms with van der Waals surface area (Å²) < 4.78 is 0. The molecule has 0 aromatic heterocycles. The van der Waals surface area contributed by atoms with Crippen LogP contribution in [0.25, 0.3) is 0 Å². The van der Waals surface area contributed by atoms with E-state index in [0.29, 0.717) is 12.5 Å². The lowest BCUT2D eigenvalue weighted by atomic mass is 9.68. The van der Waals surface area contributed by atoms with E-state index in [1.807, 2.05) is 0 Å². The van der Waals surface area contributed by atoms with E-state index < -0.39 is 0 Å². The molecule has 0 amide bonds. The topological polar surface area (TPSA) is 20.2 Å². The highest BCUT2D eigenvalue weighted by atomic mass is 16.3. The van der Waals surface area contributed by atoms with Gasteiger partial charge in [-0.15, -0.1) is 0 Å².